The molecule has 11 heteroatoms. The minimum absolute atomic E-state index is 0.133. The zero-order valence-corrected chi connectivity index (χ0v) is 19.9. The van der Waals surface area contributed by atoms with Crippen LogP contribution in [0.1, 0.15) is 40.3 Å². The molecule has 4 rings (SSSR count). The van der Waals surface area contributed by atoms with Crippen LogP contribution in [0.3, 0.4) is 0 Å². The number of aromatic nitrogens is 4. The van der Waals surface area contributed by atoms with Gasteiger partial charge in [0.15, 0.2) is 5.69 Å². The molecule has 2 heterocycles. The largest absolute Gasteiger partial charge is 0.573 e. The Hall–Kier alpha value is -4.41. The third-order valence-corrected chi connectivity index (χ3v) is 5.48. The number of oxazole rings is 1. The molecule has 0 aliphatic rings. The quantitative estimate of drug-likeness (QED) is 0.256. The molecule has 0 saturated carbocycles. The fourth-order valence-electron chi connectivity index (χ4n) is 3.54. The normalized spacial score (nSPS) is 11.7. The topological polar surface area (TPSA) is 86.3 Å². The lowest BCUT2D eigenvalue weighted by atomic mass is 10.1. The van der Waals surface area contributed by atoms with Crippen molar-refractivity contribution >= 4 is 23.7 Å². The number of hydrogen-bond donors (Lipinski definition) is 0. The molecule has 37 heavy (non-hydrogen) atoms. The van der Waals surface area contributed by atoms with Gasteiger partial charge in [-0.05, 0) is 60.7 Å². The first-order valence-electron chi connectivity index (χ1n) is 11.5. The molecule has 4 aromatic rings. The summed E-state index contributed by atoms with van der Waals surface area (Å²) in [4.78, 5) is 18.5. The first kappa shape index (κ1) is 25.7. The van der Waals surface area contributed by atoms with E-state index >= 15 is 0 Å². The minimum Gasteiger partial charge on any atom is -0.444 e. The number of benzene rings is 2. The van der Waals surface area contributed by atoms with Crippen LogP contribution >= 0.6 is 0 Å². The molecule has 0 N–H and O–H groups in total. The van der Waals surface area contributed by atoms with Gasteiger partial charge in [0.1, 0.15) is 12.0 Å². The molecule has 192 valence electrons. The Morgan fingerprint density at radius 3 is 2.51 bits per heavy atom. The Bertz CT molecular complexity index is 1320. The summed E-state index contributed by atoms with van der Waals surface area (Å²) in [6, 6.07) is 13.1. The van der Waals surface area contributed by atoms with Gasteiger partial charge < -0.3 is 14.1 Å². The van der Waals surface area contributed by atoms with Crippen molar-refractivity contribution in [2.45, 2.75) is 32.2 Å². The molecule has 0 unspecified atom stereocenters. The first-order valence-corrected chi connectivity index (χ1v) is 11.5. The van der Waals surface area contributed by atoms with Crippen LogP contribution in [0.25, 0.3) is 12.2 Å². The van der Waals surface area contributed by atoms with Crippen LogP contribution in [0.2, 0.25) is 0 Å². The molecule has 2 aromatic heterocycles. The standard InChI is InChI=1S/C26H24F3N5O3/c1-33(21-10-5-19(6-11-21)4-2-3-16-34-17-15-30-32-34)25(35)23-18-36-24(31-23)14-9-20-7-12-22(13-8-20)37-26(27,28)29/h5-15,17-18H,2-4,16H2,1H3. The van der Waals surface area contributed by atoms with E-state index in [4.69, 9.17) is 4.42 Å². The second-order valence-corrected chi connectivity index (χ2v) is 8.18. The van der Waals surface area contributed by atoms with Crippen molar-refractivity contribution in [2.24, 2.45) is 0 Å². The summed E-state index contributed by atoms with van der Waals surface area (Å²) in [6.45, 7) is 0.827. The lowest BCUT2D eigenvalue weighted by Crippen LogP contribution is -2.26. The Morgan fingerprint density at radius 1 is 1.08 bits per heavy atom. The van der Waals surface area contributed by atoms with Crippen LogP contribution in [0.4, 0.5) is 18.9 Å². The van der Waals surface area contributed by atoms with Crippen LogP contribution < -0.4 is 9.64 Å². The van der Waals surface area contributed by atoms with E-state index in [0.29, 0.717) is 5.56 Å². The van der Waals surface area contributed by atoms with Gasteiger partial charge in [-0.3, -0.25) is 9.48 Å². The molecular formula is C26H24F3N5O3. The number of anilines is 1. The first-order chi connectivity index (χ1) is 17.8. The zero-order chi connectivity index (χ0) is 26.3. The predicted molar refractivity (Wildman–Crippen MR) is 131 cm³/mol. The molecule has 0 fully saturated rings. The number of carbonyl (C=O) groups is 1. The summed E-state index contributed by atoms with van der Waals surface area (Å²) in [6.07, 6.45) is 6.07. The molecule has 0 bridgehead atoms. The number of carbonyl (C=O) groups excluding carboxylic acids is 1. The number of alkyl halides is 3. The van der Waals surface area contributed by atoms with Gasteiger partial charge in [0.25, 0.3) is 5.91 Å². The van der Waals surface area contributed by atoms with E-state index in [0.717, 1.165) is 31.5 Å². The number of nitrogens with zero attached hydrogens (tertiary/aromatic N) is 5. The van der Waals surface area contributed by atoms with Crippen LogP contribution in [-0.2, 0) is 13.0 Å². The number of rotatable bonds is 10. The van der Waals surface area contributed by atoms with Crippen LogP contribution in [0, 0.1) is 0 Å². The second-order valence-electron chi connectivity index (χ2n) is 8.18. The lowest BCUT2D eigenvalue weighted by Gasteiger charge is -2.16. The molecule has 8 nitrogen and oxygen atoms in total. The lowest BCUT2D eigenvalue weighted by molar-refractivity contribution is -0.274. The Labute approximate surface area is 211 Å². The van der Waals surface area contributed by atoms with Crippen molar-refractivity contribution < 1.29 is 27.1 Å². The van der Waals surface area contributed by atoms with Crippen LogP contribution in [0.15, 0.2) is 71.6 Å². The van der Waals surface area contributed by atoms with E-state index in [1.54, 1.807) is 19.3 Å². The Morgan fingerprint density at radius 2 is 1.84 bits per heavy atom. The van der Waals surface area contributed by atoms with Crippen molar-refractivity contribution in [3.8, 4) is 5.75 Å². The van der Waals surface area contributed by atoms with Gasteiger partial charge >= 0.3 is 6.36 Å². The summed E-state index contributed by atoms with van der Waals surface area (Å²) in [5.74, 6) is -0.459. The number of amides is 1. The van der Waals surface area contributed by atoms with E-state index in [2.05, 4.69) is 20.0 Å². The third kappa shape index (κ3) is 7.53. The molecule has 0 spiro atoms. The van der Waals surface area contributed by atoms with Crippen molar-refractivity contribution in [1.82, 2.24) is 20.0 Å². The van der Waals surface area contributed by atoms with Gasteiger partial charge in [0.05, 0.1) is 6.20 Å². The number of hydrogen-bond acceptors (Lipinski definition) is 6. The molecule has 0 saturated heterocycles. The maximum Gasteiger partial charge on any atom is 0.573 e. The Kier molecular flexibility index (Phi) is 8.02. The highest BCUT2D eigenvalue weighted by atomic mass is 19.4. The van der Waals surface area contributed by atoms with Crippen LogP contribution in [-0.4, -0.2) is 39.3 Å². The number of aryl methyl sites for hydroxylation is 2. The summed E-state index contributed by atoms with van der Waals surface area (Å²) in [5, 5.41) is 7.74. The number of ether oxygens (including phenoxy) is 1. The molecular weight excluding hydrogens is 487 g/mol. The molecule has 0 aliphatic heterocycles. The van der Waals surface area contributed by atoms with Crippen LogP contribution in [0.5, 0.6) is 5.75 Å². The highest BCUT2D eigenvalue weighted by Crippen LogP contribution is 2.23. The SMILES string of the molecule is CN(C(=O)c1coc(C=Cc2ccc(OC(F)(F)F)cc2)n1)c1ccc(CCCCn2ccnn2)cc1. The molecule has 0 radical (unpaired) electrons. The van der Waals surface area contributed by atoms with Gasteiger partial charge in [0, 0.05) is 31.6 Å². The van der Waals surface area contributed by atoms with E-state index in [1.807, 2.05) is 35.1 Å². The average molecular weight is 512 g/mol. The minimum atomic E-state index is -4.74. The summed E-state index contributed by atoms with van der Waals surface area (Å²) >= 11 is 0. The third-order valence-electron chi connectivity index (χ3n) is 5.48. The van der Waals surface area contributed by atoms with Crippen molar-refractivity contribution in [3.63, 3.8) is 0 Å². The smallest absolute Gasteiger partial charge is 0.444 e. The van der Waals surface area contributed by atoms with E-state index in [1.165, 1.54) is 47.1 Å². The summed E-state index contributed by atoms with van der Waals surface area (Å²) in [5.41, 5.74) is 2.64. The molecule has 1 amide bonds. The van der Waals surface area contributed by atoms with Crippen molar-refractivity contribution in [2.75, 3.05) is 11.9 Å². The zero-order valence-electron chi connectivity index (χ0n) is 19.9. The Balaban J connectivity index is 1.29. The van der Waals surface area contributed by atoms with Gasteiger partial charge in [-0.2, -0.15) is 0 Å². The fourth-order valence-corrected chi connectivity index (χ4v) is 3.54. The maximum atomic E-state index is 12.9. The van der Waals surface area contributed by atoms with E-state index in [-0.39, 0.29) is 23.2 Å². The highest BCUT2D eigenvalue weighted by molar-refractivity contribution is 6.04. The predicted octanol–water partition coefficient (Wildman–Crippen LogP) is 5.63. The second kappa shape index (κ2) is 11.5. The molecule has 2 aromatic carbocycles. The van der Waals surface area contributed by atoms with Crippen molar-refractivity contribution in [1.29, 1.82) is 0 Å². The maximum absolute atomic E-state index is 12.9. The summed E-state index contributed by atoms with van der Waals surface area (Å²) in [7, 11) is 1.66. The molecule has 0 aliphatic carbocycles. The van der Waals surface area contributed by atoms with E-state index < -0.39 is 6.36 Å². The summed E-state index contributed by atoms with van der Waals surface area (Å²) < 4.78 is 47.8. The number of unbranched alkanes of at least 4 members (excludes halogenated alkanes) is 1. The van der Waals surface area contributed by atoms with Gasteiger partial charge in [-0.1, -0.05) is 29.5 Å². The van der Waals surface area contributed by atoms with Crippen molar-refractivity contribution in [3.05, 3.63) is 89.9 Å². The highest BCUT2D eigenvalue weighted by Gasteiger charge is 2.30. The van der Waals surface area contributed by atoms with Gasteiger partial charge in [0.2, 0.25) is 5.89 Å². The number of halogens is 3. The van der Waals surface area contributed by atoms with Gasteiger partial charge in [-0.15, -0.1) is 18.3 Å². The van der Waals surface area contributed by atoms with Gasteiger partial charge in [-0.25, -0.2) is 4.98 Å². The molecule has 0 atom stereocenters. The monoisotopic (exact) mass is 511 g/mol. The van der Waals surface area contributed by atoms with E-state index in [9.17, 15) is 18.0 Å². The average Bonchev–Trinajstić information content (AvgIpc) is 3.57. The fraction of sp³-hybridized carbons (Fsp3) is 0.231.